The molecule has 2 aromatic heterocycles. The third-order valence-electron chi connectivity index (χ3n) is 2.23. The maximum Gasteiger partial charge on any atom is 0.196 e. The Morgan fingerprint density at radius 2 is 2.27 bits per heavy atom. The first-order valence-electron chi connectivity index (χ1n) is 5.02. The summed E-state index contributed by atoms with van der Waals surface area (Å²) < 4.78 is 3.66. The Labute approximate surface area is 88.4 Å². The first-order chi connectivity index (χ1) is 7.31. The molecule has 2 rings (SSSR count). The third kappa shape index (κ3) is 2.01. The standard InChI is InChI=1S/C10H14N5/c1-3-5-15-6-4-9(7-12-15)10-8-11-13-14(10)2/h4,6-8H,3,5H2,1-2H3/q+1. The van der Waals surface area contributed by atoms with Gasteiger partial charge < -0.3 is 0 Å². The van der Waals surface area contributed by atoms with Gasteiger partial charge in [0.05, 0.1) is 11.9 Å². The molecular weight excluding hydrogens is 190 g/mol. The Morgan fingerprint density at radius 3 is 2.80 bits per heavy atom. The van der Waals surface area contributed by atoms with Crippen LogP contribution in [-0.4, -0.2) is 20.1 Å². The van der Waals surface area contributed by atoms with E-state index in [1.807, 2.05) is 30.2 Å². The van der Waals surface area contributed by atoms with E-state index in [1.165, 1.54) is 0 Å². The molecule has 0 N–H and O–H groups in total. The van der Waals surface area contributed by atoms with Crippen LogP contribution in [0.5, 0.6) is 0 Å². The van der Waals surface area contributed by atoms with Gasteiger partial charge >= 0.3 is 0 Å². The zero-order chi connectivity index (χ0) is 10.7. The van der Waals surface area contributed by atoms with E-state index in [1.54, 1.807) is 10.9 Å². The SMILES string of the molecule is CCC[n+]1ccc(-c2cnnn2C)cn1. The van der Waals surface area contributed by atoms with Crippen molar-refractivity contribution in [3.63, 3.8) is 0 Å². The molecule has 0 saturated heterocycles. The summed E-state index contributed by atoms with van der Waals surface area (Å²) in [6, 6.07) is 2.03. The van der Waals surface area contributed by atoms with Gasteiger partial charge in [-0.15, -0.1) is 5.10 Å². The van der Waals surface area contributed by atoms with Crippen LogP contribution in [0.1, 0.15) is 13.3 Å². The van der Waals surface area contributed by atoms with Crippen LogP contribution in [0.4, 0.5) is 0 Å². The molecule has 0 radical (unpaired) electrons. The molecule has 78 valence electrons. The van der Waals surface area contributed by atoms with Gasteiger partial charge in [-0.2, -0.15) is 0 Å². The van der Waals surface area contributed by atoms with Crippen molar-refractivity contribution in [3.05, 3.63) is 24.7 Å². The largest absolute Gasteiger partial charge is 0.248 e. The summed E-state index contributed by atoms with van der Waals surface area (Å²) >= 11 is 0. The summed E-state index contributed by atoms with van der Waals surface area (Å²) in [5.74, 6) is 0. The number of hydrogen-bond acceptors (Lipinski definition) is 3. The van der Waals surface area contributed by atoms with Crippen molar-refractivity contribution >= 4 is 0 Å². The van der Waals surface area contributed by atoms with Gasteiger partial charge in [0.25, 0.3) is 0 Å². The van der Waals surface area contributed by atoms with Gasteiger partial charge in [-0.25, -0.2) is 4.68 Å². The maximum absolute atomic E-state index is 4.31. The summed E-state index contributed by atoms with van der Waals surface area (Å²) in [7, 11) is 1.87. The lowest BCUT2D eigenvalue weighted by molar-refractivity contribution is -0.753. The fourth-order valence-corrected chi connectivity index (χ4v) is 1.45. The van der Waals surface area contributed by atoms with Crippen molar-refractivity contribution in [2.75, 3.05) is 0 Å². The molecule has 2 heterocycles. The Bertz CT molecular complexity index is 431. The van der Waals surface area contributed by atoms with Gasteiger partial charge in [0, 0.05) is 25.1 Å². The highest BCUT2D eigenvalue weighted by atomic mass is 15.4. The Balaban J connectivity index is 2.28. The van der Waals surface area contributed by atoms with Crippen molar-refractivity contribution < 1.29 is 4.68 Å². The van der Waals surface area contributed by atoms with E-state index >= 15 is 0 Å². The number of nitrogens with zero attached hydrogens (tertiary/aromatic N) is 5. The second kappa shape index (κ2) is 4.16. The molecule has 0 atom stereocenters. The van der Waals surface area contributed by atoms with Crippen molar-refractivity contribution in [2.24, 2.45) is 7.05 Å². The summed E-state index contributed by atoms with van der Waals surface area (Å²) in [6.07, 6.45) is 6.64. The van der Waals surface area contributed by atoms with E-state index in [4.69, 9.17) is 0 Å². The molecular formula is C10H14N5+. The van der Waals surface area contributed by atoms with E-state index < -0.39 is 0 Å². The predicted molar refractivity (Wildman–Crippen MR) is 54.7 cm³/mol. The smallest absolute Gasteiger partial charge is 0.196 e. The van der Waals surface area contributed by atoms with E-state index in [2.05, 4.69) is 22.3 Å². The summed E-state index contributed by atoms with van der Waals surface area (Å²) in [4.78, 5) is 0. The van der Waals surface area contributed by atoms with Crippen molar-refractivity contribution in [1.82, 2.24) is 20.1 Å². The topological polar surface area (TPSA) is 47.5 Å². The van der Waals surface area contributed by atoms with Crippen LogP contribution >= 0.6 is 0 Å². The molecule has 5 heteroatoms. The van der Waals surface area contributed by atoms with Crippen LogP contribution in [-0.2, 0) is 13.6 Å². The van der Waals surface area contributed by atoms with Crippen LogP contribution in [0.3, 0.4) is 0 Å². The molecule has 0 saturated carbocycles. The Hall–Kier alpha value is -1.78. The van der Waals surface area contributed by atoms with Crippen molar-refractivity contribution in [3.8, 4) is 11.3 Å². The molecule has 0 aliphatic rings. The van der Waals surface area contributed by atoms with Gasteiger partial charge in [0.15, 0.2) is 12.7 Å². The molecule has 2 aromatic rings. The average Bonchev–Trinajstić information content (AvgIpc) is 2.66. The van der Waals surface area contributed by atoms with Crippen LogP contribution in [0.25, 0.3) is 11.3 Å². The highest BCUT2D eigenvalue weighted by Crippen LogP contribution is 2.13. The zero-order valence-corrected chi connectivity index (χ0v) is 8.96. The van der Waals surface area contributed by atoms with Gasteiger partial charge in [-0.1, -0.05) is 16.8 Å². The van der Waals surface area contributed by atoms with Gasteiger partial charge in [0.2, 0.25) is 0 Å². The van der Waals surface area contributed by atoms with Crippen LogP contribution in [0.2, 0.25) is 0 Å². The Morgan fingerprint density at radius 1 is 1.40 bits per heavy atom. The van der Waals surface area contributed by atoms with E-state index in [-0.39, 0.29) is 0 Å². The van der Waals surface area contributed by atoms with Crippen molar-refractivity contribution in [2.45, 2.75) is 19.9 Å². The van der Waals surface area contributed by atoms with Gasteiger partial charge in [-0.05, 0) is 5.10 Å². The number of hydrogen-bond donors (Lipinski definition) is 0. The molecule has 15 heavy (non-hydrogen) atoms. The van der Waals surface area contributed by atoms with E-state index in [0.717, 1.165) is 24.2 Å². The van der Waals surface area contributed by atoms with Crippen molar-refractivity contribution in [1.29, 1.82) is 0 Å². The first kappa shape index (κ1) is 9.76. The number of aromatic nitrogens is 5. The lowest BCUT2D eigenvalue weighted by atomic mass is 10.2. The highest BCUT2D eigenvalue weighted by Gasteiger charge is 2.06. The minimum absolute atomic E-state index is 0.948. The first-order valence-corrected chi connectivity index (χ1v) is 5.02. The second-order valence-corrected chi connectivity index (χ2v) is 3.42. The number of aryl methyl sites for hydroxylation is 2. The fourth-order valence-electron chi connectivity index (χ4n) is 1.45. The summed E-state index contributed by atoms with van der Waals surface area (Å²) in [5, 5.41) is 12.0. The lowest BCUT2D eigenvalue weighted by Crippen LogP contribution is -2.36. The quantitative estimate of drug-likeness (QED) is 0.687. The van der Waals surface area contributed by atoms with Crippen LogP contribution in [0.15, 0.2) is 24.7 Å². The average molecular weight is 204 g/mol. The maximum atomic E-state index is 4.31. The molecule has 5 nitrogen and oxygen atoms in total. The van der Waals surface area contributed by atoms with Crippen LogP contribution < -0.4 is 4.68 Å². The minimum Gasteiger partial charge on any atom is -0.248 e. The molecule has 0 fully saturated rings. The van der Waals surface area contributed by atoms with E-state index in [0.29, 0.717) is 0 Å². The molecule has 0 aliphatic heterocycles. The molecule has 0 bridgehead atoms. The minimum atomic E-state index is 0.948. The third-order valence-corrected chi connectivity index (χ3v) is 2.23. The van der Waals surface area contributed by atoms with Gasteiger partial charge in [0.1, 0.15) is 6.20 Å². The summed E-state index contributed by atoms with van der Waals surface area (Å²) in [5.41, 5.74) is 2.01. The Kier molecular flexibility index (Phi) is 2.71. The monoisotopic (exact) mass is 204 g/mol. The zero-order valence-electron chi connectivity index (χ0n) is 8.96. The predicted octanol–water partition coefficient (Wildman–Crippen LogP) is 0.575. The lowest BCUT2D eigenvalue weighted by Gasteiger charge is -1.98. The van der Waals surface area contributed by atoms with Gasteiger partial charge in [-0.3, -0.25) is 0 Å². The fraction of sp³-hybridized carbons (Fsp3) is 0.400. The molecule has 0 aliphatic carbocycles. The number of rotatable bonds is 3. The molecule has 0 amide bonds. The molecule has 0 spiro atoms. The molecule has 0 aromatic carbocycles. The summed E-state index contributed by atoms with van der Waals surface area (Å²) in [6.45, 7) is 3.08. The van der Waals surface area contributed by atoms with Crippen LogP contribution in [0, 0.1) is 0 Å². The second-order valence-electron chi connectivity index (χ2n) is 3.42. The molecule has 0 unspecified atom stereocenters. The highest BCUT2D eigenvalue weighted by molar-refractivity contribution is 5.55. The normalized spacial score (nSPS) is 10.5. The van der Waals surface area contributed by atoms with E-state index in [9.17, 15) is 0 Å².